The van der Waals surface area contributed by atoms with Crippen molar-refractivity contribution >= 4 is 0 Å². The fourth-order valence-corrected chi connectivity index (χ4v) is 2.05. The van der Waals surface area contributed by atoms with Gasteiger partial charge in [-0.1, -0.05) is 13.8 Å². The van der Waals surface area contributed by atoms with Crippen molar-refractivity contribution in [2.75, 3.05) is 13.6 Å². The Balaban J connectivity index is 2.40. The summed E-state index contributed by atoms with van der Waals surface area (Å²) in [6.07, 6.45) is 4.99. The van der Waals surface area contributed by atoms with Crippen LogP contribution in [0.2, 0.25) is 0 Å². The highest BCUT2D eigenvalue weighted by Crippen LogP contribution is 2.35. The van der Waals surface area contributed by atoms with Gasteiger partial charge in [0, 0.05) is 18.1 Å². The molecule has 0 aromatic carbocycles. The average Bonchev–Trinajstić information content (AvgIpc) is 2.99. The molecular weight excluding hydrogens is 172 g/mol. The minimum atomic E-state index is 0.0257. The molecule has 14 heavy (non-hydrogen) atoms. The van der Waals surface area contributed by atoms with E-state index in [-0.39, 0.29) is 5.54 Å². The van der Waals surface area contributed by atoms with Crippen molar-refractivity contribution in [1.82, 2.24) is 4.90 Å². The molecule has 1 atom stereocenters. The molecular formula is C12H26N2. The molecule has 1 aliphatic rings. The standard InChI is InChI=1S/C12H26N2/c1-5-12(13,6-2)9-14(4)10(3)11-7-8-11/h10-11H,5-9,13H2,1-4H3. The Bertz CT molecular complexity index is 171. The molecule has 2 nitrogen and oxygen atoms in total. The second kappa shape index (κ2) is 4.63. The van der Waals surface area contributed by atoms with Crippen LogP contribution in [-0.2, 0) is 0 Å². The number of nitrogens with zero attached hydrogens (tertiary/aromatic N) is 1. The Morgan fingerprint density at radius 3 is 2.21 bits per heavy atom. The van der Waals surface area contributed by atoms with Crippen molar-refractivity contribution < 1.29 is 0 Å². The van der Waals surface area contributed by atoms with Crippen molar-refractivity contribution in [3.8, 4) is 0 Å². The molecule has 2 heteroatoms. The van der Waals surface area contributed by atoms with E-state index in [1.54, 1.807) is 0 Å². The topological polar surface area (TPSA) is 29.3 Å². The second-order valence-corrected chi connectivity index (χ2v) is 5.06. The molecule has 2 N–H and O–H groups in total. The Morgan fingerprint density at radius 2 is 1.86 bits per heavy atom. The van der Waals surface area contributed by atoms with Crippen LogP contribution in [0.3, 0.4) is 0 Å². The van der Waals surface area contributed by atoms with Gasteiger partial charge in [0.2, 0.25) is 0 Å². The molecule has 84 valence electrons. The molecule has 0 saturated heterocycles. The lowest BCUT2D eigenvalue weighted by Gasteiger charge is -2.35. The van der Waals surface area contributed by atoms with Gasteiger partial charge >= 0.3 is 0 Å². The fraction of sp³-hybridized carbons (Fsp3) is 1.00. The van der Waals surface area contributed by atoms with Gasteiger partial charge in [0.05, 0.1) is 0 Å². The predicted molar refractivity (Wildman–Crippen MR) is 62.3 cm³/mol. The molecule has 1 saturated carbocycles. The lowest BCUT2D eigenvalue weighted by molar-refractivity contribution is 0.174. The van der Waals surface area contributed by atoms with E-state index in [1.165, 1.54) is 12.8 Å². The SMILES string of the molecule is CCC(N)(CC)CN(C)C(C)C1CC1. The third-order valence-electron chi connectivity index (χ3n) is 3.97. The summed E-state index contributed by atoms with van der Waals surface area (Å²) in [7, 11) is 2.22. The molecule has 0 aliphatic heterocycles. The van der Waals surface area contributed by atoms with Crippen LogP contribution < -0.4 is 5.73 Å². The molecule has 0 radical (unpaired) electrons. The summed E-state index contributed by atoms with van der Waals surface area (Å²) < 4.78 is 0. The van der Waals surface area contributed by atoms with E-state index in [1.807, 2.05) is 0 Å². The summed E-state index contributed by atoms with van der Waals surface area (Å²) in [4.78, 5) is 2.45. The van der Waals surface area contributed by atoms with Crippen LogP contribution in [0.4, 0.5) is 0 Å². The zero-order valence-corrected chi connectivity index (χ0v) is 10.2. The summed E-state index contributed by atoms with van der Waals surface area (Å²) in [5, 5.41) is 0. The van der Waals surface area contributed by atoms with Crippen LogP contribution in [0.15, 0.2) is 0 Å². The van der Waals surface area contributed by atoms with Gasteiger partial charge < -0.3 is 10.6 Å². The number of likely N-dealkylation sites (N-methyl/N-ethyl adjacent to an activating group) is 1. The van der Waals surface area contributed by atoms with Gasteiger partial charge in [-0.25, -0.2) is 0 Å². The first-order chi connectivity index (χ1) is 6.52. The van der Waals surface area contributed by atoms with E-state index < -0.39 is 0 Å². The van der Waals surface area contributed by atoms with Gasteiger partial charge in [0.25, 0.3) is 0 Å². The normalized spacial score (nSPS) is 20.1. The van der Waals surface area contributed by atoms with Crippen LogP contribution in [0.5, 0.6) is 0 Å². The van der Waals surface area contributed by atoms with Crippen molar-refractivity contribution in [3.05, 3.63) is 0 Å². The zero-order chi connectivity index (χ0) is 10.8. The van der Waals surface area contributed by atoms with Gasteiger partial charge in [0.15, 0.2) is 0 Å². The van der Waals surface area contributed by atoms with Gasteiger partial charge in [-0.2, -0.15) is 0 Å². The molecule has 0 spiro atoms. The maximum absolute atomic E-state index is 6.31. The van der Waals surface area contributed by atoms with Crippen LogP contribution in [0.25, 0.3) is 0 Å². The van der Waals surface area contributed by atoms with Crippen molar-refractivity contribution in [2.24, 2.45) is 11.7 Å². The minimum absolute atomic E-state index is 0.0257. The molecule has 0 bridgehead atoms. The first kappa shape index (κ1) is 12.0. The van der Waals surface area contributed by atoms with Crippen LogP contribution >= 0.6 is 0 Å². The highest BCUT2D eigenvalue weighted by Gasteiger charge is 2.33. The molecule has 0 heterocycles. The van der Waals surface area contributed by atoms with E-state index >= 15 is 0 Å². The van der Waals surface area contributed by atoms with Crippen molar-refractivity contribution in [3.63, 3.8) is 0 Å². The Labute approximate surface area is 88.8 Å². The minimum Gasteiger partial charge on any atom is -0.324 e. The lowest BCUT2D eigenvalue weighted by Crippen LogP contribution is -2.50. The Kier molecular flexibility index (Phi) is 3.96. The van der Waals surface area contributed by atoms with Gasteiger partial charge in [0.1, 0.15) is 0 Å². The maximum atomic E-state index is 6.31. The van der Waals surface area contributed by atoms with Gasteiger partial charge in [-0.3, -0.25) is 0 Å². The Hall–Kier alpha value is -0.0800. The highest BCUT2D eigenvalue weighted by molar-refractivity contribution is 4.89. The summed E-state index contributed by atoms with van der Waals surface area (Å²) >= 11 is 0. The third kappa shape index (κ3) is 2.96. The van der Waals surface area contributed by atoms with E-state index in [4.69, 9.17) is 5.73 Å². The van der Waals surface area contributed by atoms with Gasteiger partial charge in [-0.05, 0) is 45.6 Å². The smallest absolute Gasteiger partial charge is 0.0278 e. The van der Waals surface area contributed by atoms with Gasteiger partial charge in [-0.15, -0.1) is 0 Å². The van der Waals surface area contributed by atoms with E-state index in [2.05, 4.69) is 32.7 Å². The van der Waals surface area contributed by atoms with Crippen molar-refractivity contribution in [1.29, 1.82) is 0 Å². The summed E-state index contributed by atoms with van der Waals surface area (Å²) in [6.45, 7) is 7.76. The maximum Gasteiger partial charge on any atom is 0.0278 e. The molecule has 0 aromatic rings. The lowest BCUT2D eigenvalue weighted by atomic mass is 9.93. The Morgan fingerprint density at radius 1 is 1.36 bits per heavy atom. The first-order valence-electron chi connectivity index (χ1n) is 6.01. The quantitative estimate of drug-likeness (QED) is 0.709. The molecule has 1 aliphatic carbocycles. The summed E-state index contributed by atoms with van der Waals surface area (Å²) in [6, 6.07) is 0.719. The summed E-state index contributed by atoms with van der Waals surface area (Å²) in [5.41, 5.74) is 6.34. The molecule has 1 fully saturated rings. The average molecular weight is 198 g/mol. The van der Waals surface area contributed by atoms with Crippen LogP contribution in [0.1, 0.15) is 46.5 Å². The first-order valence-corrected chi connectivity index (χ1v) is 6.01. The number of hydrogen-bond donors (Lipinski definition) is 1. The van der Waals surface area contributed by atoms with E-state index in [0.29, 0.717) is 0 Å². The third-order valence-corrected chi connectivity index (χ3v) is 3.97. The molecule has 0 amide bonds. The largest absolute Gasteiger partial charge is 0.324 e. The monoisotopic (exact) mass is 198 g/mol. The number of rotatable bonds is 6. The fourth-order valence-electron chi connectivity index (χ4n) is 2.05. The van der Waals surface area contributed by atoms with Crippen molar-refractivity contribution in [2.45, 2.75) is 58.0 Å². The van der Waals surface area contributed by atoms with E-state index in [9.17, 15) is 0 Å². The second-order valence-electron chi connectivity index (χ2n) is 5.06. The number of hydrogen-bond acceptors (Lipinski definition) is 2. The zero-order valence-electron chi connectivity index (χ0n) is 10.2. The molecule has 1 unspecified atom stereocenters. The number of nitrogens with two attached hydrogens (primary N) is 1. The molecule has 0 aromatic heterocycles. The van der Waals surface area contributed by atoms with Crippen LogP contribution in [-0.4, -0.2) is 30.1 Å². The van der Waals surface area contributed by atoms with E-state index in [0.717, 1.165) is 31.3 Å². The molecule has 1 rings (SSSR count). The highest BCUT2D eigenvalue weighted by atomic mass is 15.2. The predicted octanol–water partition coefficient (Wildman–Crippen LogP) is 2.23. The van der Waals surface area contributed by atoms with Crippen LogP contribution in [0, 0.1) is 5.92 Å². The summed E-state index contributed by atoms with van der Waals surface area (Å²) in [5.74, 6) is 0.943.